The fraction of sp³-hybridized carbons (Fsp3) is 0.185. The van der Waals surface area contributed by atoms with Crippen LogP contribution in [0, 0.1) is 12.7 Å². The minimum absolute atomic E-state index is 0.180. The Kier molecular flexibility index (Phi) is 7.01. The molecule has 0 aliphatic heterocycles. The highest BCUT2D eigenvalue weighted by Gasteiger charge is 2.14. The number of methoxy groups -OCH3 is 2. The monoisotopic (exact) mass is 475 g/mol. The first-order valence-corrected chi connectivity index (χ1v) is 11.0. The van der Waals surface area contributed by atoms with Gasteiger partial charge in [0.25, 0.3) is 5.56 Å². The van der Waals surface area contributed by atoms with Crippen LogP contribution >= 0.6 is 0 Å². The topological polar surface area (TPSA) is 81.6 Å². The van der Waals surface area contributed by atoms with Gasteiger partial charge in [0, 0.05) is 29.5 Å². The number of halogens is 1. The van der Waals surface area contributed by atoms with Crippen LogP contribution < -0.4 is 25.7 Å². The van der Waals surface area contributed by atoms with E-state index in [4.69, 9.17) is 9.47 Å². The zero-order chi connectivity index (χ0) is 24.9. The van der Waals surface area contributed by atoms with Gasteiger partial charge < -0.3 is 20.1 Å². The summed E-state index contributed by atoms with van der Waals surface area (Å²) in [5, 5.41) is 6.80. The normalized spacial score (nSPS) is 10.7. The number of fused-ring (bicyclic) bond motifs is 1. The number of aromatic nitrogens is 1. The Bertz CT molecular complexity index is 1430. The lowest BCUT2D eigenvalue weighted by Crippen LogP contribution is -2.30. The Labute approximate surface area is 202 Å². The average Bonchev–Trinajstić information content (AvgIpc) is 2.86. The van der Waals surface area contributed by atoms with Crippen LogP contribution in [0.3, 0.4) is 0 Å². The predicted octanol–water partition coefficient (Wildman–Crippen LogP) is 4.72. The molecule has 0 aliphatic carbocycles. The van der Waals surface area contributed by atoms with Crippen LogP contribution in [0.5, 0.6) is 11.5 Å². The van der Waals surface area contributed by atoms with E-state index in [0.29, 0.717) is 28.3 Å². The summed E-state index contributed by atoms with van der Waals surface area (Å²) >= 11 is 0. The Hall–Kier alpha value is -4.33. The van der Waals surface area contributed by atoms with Crippen molar-refractivity contribution in [3.8, 4) is 11.5 Å². The molecule has 1 aromatic heterocycles. The molecule has 35 heavy (non-hydrogen) atoms. The maximum absolute atomic E-state index is 13.4. The van der Waals surface area contributed by atoms with Crippen molar-refractivity contribution in [1.82, 2.24) is 4.57 Å². The molecule has 0 saturated heterocycles. The van der Waals surface area contributed by atoms with E-state index >= 15 is 0 Å². The predicted molar refractivity (Wildman–Crippen MR) is 135 cm³/mol. The molecule has 0 aliphatic rings. The zero-order valence-corrected chi connectivity index (χ0v) is 19.7. The maximum Gasteiger partial charge on any atom is 0.256 e. The summed E-state index contributed by atoms with van der Waals surface area (Å²) in [6, 6.07) is 18.5. The average molecular weight is 476 g/mol. The molecular formula is C27H26FN3O4. The van der Waals surface area contributed by atoms with Gasteiger partial charge in [-0.2, -0.15) is 0 Å². The molecule has 2 N–H and O–H groups in total. The van der Waals surface area contributed by atoms with Gasteiger partial charge in [-0.15, -0.1) is 0 Å². The van der Waals surface area contributed by atoms with Crippen LogP contribution in [0.1, 0.15) is 11.1 Å². The van der Waals surface area contributed by atoms with E-state index in [9.17, 15) is 14.0 Å². The molecular weight excluding hydrogens is 449 g/mol. The second-order valence-electron chi connectivity index (χ2n) is 8.10. The summed E-state index contributed by atoms with van der Waals surface area (Å²) in [7, 11) is 3.12. The van der Waals surface area contributed by atoms with E-state index in [1.165, 1.54) is 28.8 Å². The standard InChI is InChI=1S/C27H26FN3O4/c1-17-4-5-18-13-19(15-29-22-10-11-24(34-2)25(14-22)35-3)27(33)31(23(18)12-17)16-26(32)30-21-8-6-20(28)7-9-21/h4-14,29H,15-16H2,1-3H3,(H,30,32). The van der Waals surface area contributed by atoms with Gasteiger partial charge >= 0.3 is 0 Å². The highest BCUT2D eigenvalue weighted by atomic mass is 19.1. The Morgan fingerprint density at radius 3 is 2.34 bits per heavy atom. The third kappa shape index (κ3) is 5.43. The molecule has 3 aromatic carbocycles. The summed E-state index contributed by atoms with van der Waals surface area (Å²) in [4.78, 5) is 26.2. The number of carbonyl (C=O) groups excluding carboxylic acids is 1. The van der Waals surface area contributed by atoms with Gasteiger partial charge in [-0.25, -0.2) is 4.39 Å². The summed E-state index contributed by atoms with van der Waals surface area (Å²) in [5.41, 5.74) is 3.08. The minimum atomic E-state index is -0.393. The van der Waals surface area contributed by atoms with E-state index in [1.54, 1.807) is 26.4 Å². The van der Waals surface area contributed by atoms with Crippen molar-refractivity contribution in [3.05, 3.63) is 94.0 Å². The molecule has 8 heteroatoms. The van der Waals surface area contributed by atoms with Crippen LogP contribution in [0.4, 0.5) is 15.8 Å². The Balaban J connectivity index is 1.63. The van der Waals surface area contributed by atoms with E-state index in [-0.39, 0.29) is 24.6 Å². The lowest BCUT2D eigenvalue weighted by atomic mass is 10.1. The van der Waals surface area contributed by atoms with Gasteiger partial charge in [-0.3, -0.25) is 14.2 Å². The molecule has 0 saturated carbocycles. The van der Waals surface area contributed by atoms with Crippen molar-refractivity contribution in [2.45, 2.75) is 20.0 Å². The van der Waals surface area contributed by atoms with Crippen molar-refractivity contribution in [2.24, 2.45) is 0 Å². The largest absolute Gasteiger partial charge is 0.493 e. The zero-order valence-electron chi connectivity index (χ0n) is 19.7. The lowest BCUT2D eigenvalue weighted by Gasteiger charge is -2.15. The number of nitrogens with zero attached hydrogens (tertiary/aromatic N) is 1. The number of ether oxygens (including phenoxy) is 2. The van der Waals surface area contributed by atoms with Crippen molar-refractivity contribution in [2.75, 3.05) is 24.9 Å². The minimum Gasteiger partial charge on any atom is -0.493 e. The van der Waals surface area contributed by atoms with Crippen LogP contribution in [-0.4, -0.2) is 24.7 Å². The van der Waals surface area contributed by atoms with Crippen molar-refractivity contribution in [3.63, 3.8) is 0 Å². The van der Waals surface area contributed by atoms with E-state index in [1.807, 2.05) is 37.3 Å². The van der Waals surface area contributed by atoms with Gasteiger partial charge in [-0.1, -0.05) is 12.1 Å². The molecule has 0 bridgehead atoms. The highest BCUT2D eigenvalue weighted by Crippen LogP contribution is 2.30. The SMILES string of the molecule is COc1ccc(NCc2cc3ccc(C)cc3n(CC(=O)Nc3ccc(F)cc3)c2=O)cc1OC. The summed E-state index contributed by atoms with van der Waals surface area (Å²) < 4.78 is 25.3. The molecule has 0 spiro atoms. The summed E-state index contributed by atoms with van der Waals surface area (Å²) in [6.07, 6.45) is 0. The van der Waals surface area contributed by atoms with Gasteiger partial charge in [-0.05, 0) is 66.4 Å². The lowest BCUT2D eigenvalue weighted by molar-refractivity contribution is -0.116. The molecule has 0 fully saturated rings. The number of rotatable bonds is 8. The molecule has 0 radical (unpaired) electrons. The van der Waals surface area contributed by atoms with Crippen molar-refractivity contribution < 1.29 is 18.7 Å². The van der Waals surface area contributed by atoms with Crippen LogP contribution in [-0.2, 0) is 17.9 Å². The van der Waals surface area contributed by atoms with E-state index in [2.05, 4.69) is 10.6 Å². The molecule has 0 atom stereocenters. The summed E-state index contributed by atoms with van der Waals surface area (Å²) in [6.45, 7) is 2.00. The first-order chi connectivity index (χ1) is 16.9. The number of hydrogen-bond donors (Lipinski definition) is 2. The molecule has 1 amide bonds. The maximum atomic E-state index is 13.4. The van der Waals surface area contributed by atoms with Gasteiger partial charge in [0.2, 0.25) is 5.91 Å². The second kappa shape index (κ2) is 10.3. The smallest absolute Gasteiger partial charge is 0.256 e. The van der Waals surface area contributed by atoms with E-state index in [0.717, 1.165) is 16.6 Å². The van der Waals surface area contributed by atoms with Crippen LogP contribution in [0.25, 0.3) is 10.9 Å². The fourth-order valence-electron chi connectivity index (χ4n) is 3.85. The highest BCUT2D eigenvalue weighted by molar-refractivity contribution is 5.92. The van der Waals surface area contributed by atoms with E-state index < -0.39 is 5.82 Å². The van der Waals surface area contributed by atoms with Gasteiger partial charge in [0.1, 0.15) is 12.4 Å². The van der Waals surface area contributed by atoms with Crippen LogP contribution in [0.2, 0.25) is 0 Å². The van der Waals surface area contributed by atoms with Gasteiger partial charge in [0.05, 0.1) is 19.7 Å². The molecule has 180 valence electrons. The molecule has 4 aromatic rings. The second-order valence-corrected chi connectivity index (χ2v) is 8.10. The number of nitrogens with one attached hydrogen (secondary N) is 2. The van der Waals surface area contributed by atoms with Crippen LogP contribution in [0.15, 0.2) is 71.5 Å². The molecule has 1 heterocycles. The molecule has 4 rings (SSSR count). The number of hydrogen-bond acceptors (Lipinski definition) is 5. The van der Waals surface area contributed by atoms with Crippen molar-refractivity contribution in [1.29, 1.82) is 0 Å². The molecule has 7 nitrogen and oxygen atoms in total. The number of pyridine rings is 1. The third-order valence-electron chi connectivity index (χ3n) is 5.62. The first-order valence-electron chi connectivity index (χ1n) is 11.0. The summed E-state index contributed by atoms with van der Waals surface area (Å²) in [5.74, 6) is 0.400. The first kappa shape index (κ1) is 23.8. The quantitative estimate of drug-likeness (QED) is 0.386. The third-order valence-corrected chi connectivity index (χ3v) is 5.62. The fourth-order valence-corrected chi connectivity index (χ4v) is 3.85. The number of anilines is 2. The number of carbonyl (C=O) groups is 1. The number of aryl methyl sites for hydroxylation is 1. The number of amides is 1. The number of benzene rings is 3. The Morgan fingerprint density at radius 1 is 0.914 bits per heavy atom. The molecule has 0 unspecified atom stereocenters. The van der Waals surface area contributed by atoms with Gasteiger partial charge in [0.15, 0.2) is 11.5 Å². The van der Waals surface area contributed by atoms with Crippen molar-refractivity contribution >= 4 is 28.2 Å². The Morgan fingerprint density at radius 2 is 1.63 bits per heavy atom.